The van der Waals surface area contributed by atoms with Gasteiger partial charge in [0.05, 0.1) is 0 Å². The number of primary amides is 1. The Kier molecular flexibility index (Phi) is 2.90. The molecular weight excluding hydrogens is 319 g/mol. The lowest BCUT2D eigenvalue weighted by Gasteiger charge is -2.04. The number of rotatable bonds is 2. The Morgan fingerprint density at radius 3 is 2.88 bits per heavy atom. The third-order valence-corrected chi connectivity index (χ3v) is 3.47. The first-order chi connectivity index (χ1) is 7.61. The van der Waals surface area contributed by atoms with E-state index in [-0.39, 0.29) is 5.69 Å². The zero-order chi connectivity index (χ0) is 11.7. The second-order valence-corrected chi connectivity index (χ2v) is 4.46. The van der Waals surface area contributed by atoms with E-state index in [9.17, 15) is 4.79 Å². The van der Waals surface area contributed by atoms with E-state index in [1.165, 1.54) is 0 Å². The van der Waals surface area contributed by atoms with Crippen molar-refractivity contribution in [2.45, 2.75) is 6.92 Å². The molecule has 3 N–H and O–H groups in total. The van der Waals surface area contributed by atoms with E-state index in [0.717, 1.165) is 14.7 Å². The number of amides is 1. The lowest BCUT2D eigenvalue weighted by molar-refractivity contribution is 0.0996. The van der Waals surface area contributed by atoms with Crippen LogP contribution in [0.5, 0.6) is 0 Å². The van der Waals surface area contributed by atoms with Crippen LogP contribution >= 0.6 is 22.6 Å². The summed E-state index contributed by atoms with van der Waals surface area (Å²) in [6.07, 6.45) is 0. The van der Waals surface area contributed by atoms with Crippen LogP contribution in [0.3, 0.4) is 0 Å². The fourth-order valence-corrected chi connectivity index (χ4v) is 1.95. The predicted octanol–water partition coefficient (Wildman–Crippen LogP) is 1.48. The van der Waals surface area contributed by atoms with Gasteiger partial charge >= 0.3 is 0 Å². The molecule has 0 saturated heterocycles. The van der Waals surface area contributed by atoms with Gasteiger partial charge in [-0.1, -0.05) is 12.1 Å². The average molecular weight is 328 g/mol. The van der Waals surface area contributed by atoms with Crippen molar-refractivity contribution in [1.82, 2.24) is 15.4 Å². The third kappa shape index (κ3) is 1.80. The number of nitrogens with zero attached hydrogens (tertiary/aromatic N) is 2. The highest BCUT2D eigenvalue weighted by Gasteiger charge is 2.17. The molecule has 5 nitrogen and oxygen atoms in total. The summed E-state index contributed by atoms with van der Waals surface area (Å²) < 4.78 is 1.11. The third-order valence-electron chi connectivity index (χ3n) is 2.30. The molecule has 0 aliphatic rings. The summed E-state index contributed by atoms with van der Waals surface area (Å²) in [6, 6.07) is 5.79. The summed E-state index contributed by atoms with van der Waals surface area (Å²) >= 11 is 2.23. The summed E-state index contributed by atoms with van der Waals surface area (Å²) in [5.41, 5.74) is 7.82. The minimum absolute atomic E-state index is 0.171. The van der Waals surface area contributed by atoms with Gasteiger partial charge in [0.1, 0.15) is 5.69 Å². The Morgan fingerprint density at radius 1 is 1.44 bits per heavy atom. The van der Waals surface area contributed by atoms with Crippen molar-refractivity contribution in [3.05, 3.63) is 33.0 Å². The fraction of sp³-hybridized carbons (Fsp3) is 0.100. The molecule has 0 saturated carbocycles. The van der Waals surface area contributed by atoms with E-state index in [1.54, 1.807) is 0 Å². The standard InChI is InChI=1S/C10H9IN4O/c1-5-6(3-2-4-7(5)11)8-9(10(12)16)14-15-13-8/h2-4H,1H3,(H2,12,16)(H,13,14,15). The van der Waals surface area contributed by atoms with E-state index in [2.05, 4.69) is 38.0 Å². The largest absolute Gasteiger partial charge is 0.364 e. The molecule has 0 aliphatic carbocycles. The molecule has 2 rings (SSSR count). The van der Waals surface area contributed by atoms with Gasteiger partial charge in [0.2, 0.25) is 0 Å². The number of halogens is 1. The van der Waals surface area contributed by atoms with Gasteiger partial charge in [0.25, 0.3) is 5.91 Å². The van der Waals surface area contributed by atoms with Crippen LogP contribution in [0.15, 0.2) is 18.2 Å². The smallest absolute Gasteiger partial charge is 0.271 e. The molecule has 82 valence electrons. The molecule has 0 bridgehead atoms. The molecule has 1 amide bonds. The van der Waals surface area contributed by atoms with E-state index in [0.29, 0.717) is 5.69 Å². The Morgan fingerprint density at radius 2 is 2.19 bits per heavy atom. The topological polar surface area (TPSA) is 84.7 Å². The number of nitrogens with two attached hydrogens (primary N) is 1. The Labute approximate surface area is 106 Å². The van der Waals surface area contributed by atoms with Crippen molar-refractivity contribution in [1.29, 1.82) is 0 Å². The zero-order valence-corrected chi connectivity index (χ0v) is 10.6. The second-order valence-electron chi connectivity index (χ2n) is 3.30. The molecule has 0 unspecified atom stereocenters. The van der Waals surface area contributed by atoms with Crippen LogP contribution in [-0.4, -0.2) is 21.3 Å². The molecule has 16 heavy (non-hydrogen) atoms. The maximum atomic E-state index is 11.2. The van der Waals surface area contributed by atoms with Crippen LogP contribution in [-0.2, 0) is 0 Å². The molecule has 0 radical (unpaired) electrons. The van der Waals surface area contributed by atoms with Crippen molar-refractivity contribution in [3.63, 3.8) is 0 Å². The first-order valence-corrected chi connectivity index (χ1v) is 5.65. The molecule has 2 aromatic rings. The highest BCUT2D eigenvalue weighted by Crippen LogP contribution is 2.26. The van der Waals surface area contributed by atoms with Gasteiger partial charge in [-0.15, -0.1) is 0 Å². The van der Waals surface area contributed by atoms with Gasteiger partial charge in [-0.05, 0) is 41.1 Å². The highest BCUT2D eigenvalue weighted by molar-refractivity contribution is 14.1. The Hall–Kier alpha value is -1.44. The highest BCUT2D eigenvalue weighted by atomic mass is 127. The summed E-state index contributed by atoms with van der Waals surface area (Å²) in [4.78, 5) is 11.2. The molecule has 0 spiro atoms. The first-order valence-electron chi connectivity index (χ1n) is 4.57. The molecule has 6 heteroatoms. The molecule has 0 fully saturated rings. The summed E-state index contributed by atoms with van der Waals surface area (Å²) in [5.74, 6) is -0.581. The van der Waals surface area contributed by atoms with Crippen molar-refractivity contribution in [3.8, 4) is 11.3 Å². The average Bonchev–Trinajstić information content (AvgIpc) is 2.70. The number of aromatic nitrogens is 3. The lowest BCUT2D eigenvalue weighted by atomic mass is 10.0. The van der Waals surface area contributed by atoms with E-state index >= 15 is 0 Å². The predicted molar refractivity (Wildman–Crippen MR) is 67.8 cm³/mol. The van der Waals surface area contributed by atoms with Crippen LogP contribution in [0.2, 0.25) is 0 Å². The van der Waals surface area contributed by atoms with Gasteiger partial charge < -0.3 is 5.73 Å². The van der Waals surface area contributed by atoms with E-state index < -0.39 is 5.91 Å². The number of H-pyrrole nitrogens is 1. The van der Waals surface area contributed by atoms with Crippen LogP contribution in [0.25, 0.3) is 11.3 Å². The Bertz CT molecular complexity index is 550. The molecular formula is C10H9IN4O. The maximum absolute atomic E-state index is 11.2. The van der Waals surface area contributed by atoms with Crippen LogP contribution in [0.4, 0.5) is 0 Å². The van der Waals surface area contributed by atoms with Crippen molar-refractivity contribution in [2.75, 3.05) is 0 Å². The van der Waals surface area contributed by atoms with Gasteiger partial charge in [-0.3, -0.25) is 4.79 Å². The molecule has 1 heterocycles. The number of hydrogen-bond acceptors (Lipinski definition) is 3. The monoisotopic (exact) mass is 328 g/mol. The number of benzene rings is 1. The molecule has 0 atom stereocenters. The van der Waals surface area contributed by atoms with Crippen LogP contribution < -0.4 is 5.73 Å². The van der Waals surface area contributed by atoms with Gasteiger partial charge in [0.15, 0.2) is 5.69 Å². The normalized spacial score (nSPS) is 10.4. The van der Waals surface area contributed by atoms with Gasteiger partial charge in [-0.25, -0.2) is 0 Å². The quantitative estimate of drug-likeness (QED) is 0.819. The number of hydrogen-bond donors (Lipinski definition) is 2. The van der Waals surface area contributed by atoms with Crippen molar-refractivity contribution in [2.24, 2.45) is 5.73 Å². The van der Waals surface area contributed by atoms with Crippen molar-refractivity contribution >= 4 is 28.5 Å². The molecule has 1 aromatic heterocycles. The van der Waals surface area contributed by atoms with Gasteiger partial charge in [-0.2, -0.15) is 15.4 Å². The SMILES string of the molecule is Cc1c(I)cccc1-c1n[nH]nc1C(N)=O. The number of carbonyl (C=O) groups is 1. The number of aromatic amines is 1. The van der Waals surface area contributed by atoms with Crippen LogP contribution in [0.1, 0.15) is 16.1 Å². The number of nitrogens with one attached hydrogen (secondary N) is 1. The molecule has 1 aromatic carbocycles. The van der Waals surface area contributed by atoms with Crippen molar-refractivity contribution < 1.29 is 4.79 Å². The number of carbonyl (C=O) groups excluding carboxylic acids is 1. The minimum Gasteiger partial charge on any atom is -0.364 e. The first kappa shape index (κ1) is 11.1. The fourth-order valence-electron chi connectivity index (χ4n) is 1.45. The lowest BCUT2D eigenvalue weighted by Crippen LogP contribution is -2.13. The Balaban J connectivity index is 2.63. The summed E-state index contributed by atoms with van der Waals surface area (Å²) in [6.45, 7) is 1.97. The summed E-state index contributed by atoms with van der Waals surface area (Å²) in [5, 5.41) is 10.1. The second kappa shape index (κ2) is 4.20. The van der Waals surface area contributed by atoms with Crippen LogP contribution in [0, 0.1) is 10.5 Å². The maximum Gasteiger partial charge on any atom is 0.271 e. The van der Waals surface area contributed by atoms with E-state index in [1.807, 2.05) is 25.1 Å². The zero-order valence-electron chi connectivity index (χ0n) is 8.49. The van der Waals surface area contributed by atoms with E-state index in [4.69, 9.17) is 5.73 Å². The molecule has 0 aliphatic heterocycles. The van der Waals surface area contributed by atoms with Gasteiger partial charge in [0, 0.05) is 9.13 Å². The summed E-state index contributed by atoms with van der Waals surface area (Å²) in [7, 11) is 0. The minimum atomic E-state index is -0.581.